The van der Waals surface area contributed by atoms with Crippen LogP contribution >= 0.6 is 0 Å². The van der Waals surface area contributed by atoms with Gasteiger partial charge in [-0.1, -0.05) is 50.2 Å². The standard InChI is InChI=1S/C22H25N3O3/c1-4-18(5-2)25-14(3)19(13-23-25)21(26)24-20(22(27)28)17-11-10-15-8-6-7-9-16(15)12-17/h6-13,18,20H,4-5H2,1-3H3,(H,24,26)(H,27,28). The van der Waals surface area contributed by atoms with Gasteiger partial charge in [0, 0.05) is 5.69 Å². The molecular weight excluding hydrogens is 354 g/mol. The summed E-state index contributed by atoms with van der Waals surface area (Å²) in [6.07, 6.45) is 3.34. The van der Waals surface area contributed by atoms with Crippen LogP contribution in [0.25, 0.3) is 10.8 Å². The third-order valence-corrected chi connectivity index (χ3v) is 5.21. The van der Waals surface area contributed by atoms with Crippen LogP contribution in [-0.4, -0.2) is 26.8 Å². The van der Waals surface area contributed by atoms with E-state index in [0.717, 1.165) is 29.3 Å². The Morgan fingerprint density at radius 3 is 2.43 bits per heavy atom. The maximum atomic E-state index is 12.8. The molecule has 1 unspecified atom stereocenters. The highest BCUT2D eigenvalue weighted by atomic mass is 16.4. The monoisotopic (exact) mass is 379 g/mol. The molecule has 0 bridgehead atoms. The van der Waals surface area contributed by atoms with Crippen LogP contribution in [0.1, 0.15) is 60.4 Å². The predicted molar refractivity (Wildman–Crippen MR) is 108 cm³/mol. The topological polar surface area (TPSA) is 84.2 Å². The molecule has 0 spiro atoms. The summed E-state index contributed by atoms with van der Waals surface area (Å²) >= 11 is 0. The number of aliphatic carboxylic acids is 1. The molecule has 6 heteroatoms. The van der Waals surface area contributed by atoms with Crippen molar-refractivity contribution in [2.24, 2.45) is 0 Å². The average Bonchev–Trinajstić information content (AvgIpc) is 3.08. The number of carboxylic acid groups (broad SMARTS) is 1. The van der Waals surface area contributed by atoms with Crippen LogP contribution < -0.4 is 5.32 Å². The number of carbonyl (C=O) groups excluding carboxylic acids is 1. The third-order valence-electron chi connectivity index (χ3n) is 5.21. The lowest BCUT2D eigenvalue weighted by Crippen LogP contribution is -2.34. The summed E-state index contributed by atoms with van der Waals surface area (Å²) in [4.78, 5) is 24.7. The van der Waals surface area contributed by atoms with Crippen molar-refractivity contribution in [1.82, 2.24) is 15.1 Å². The zero-order chi connectivity index (χ0) is 20.3. The van der Waals surface area contributed by atoms with E-state index in [1.165, 1.54) is 6.20 Å². The van der Waals surface area contributed by atoms with Crippen molar-refractivity contribution in [3.63, 3.8) is 0 Å². The maximum absolute atomic E-state index is 12.8. The maximum Gasteiger partial charge on any atom is 0.330 e. The molecule has 0 fully saturated rings. The second-order valence-corrected chi connectivity index (χ2v) is 6.91. The summed E-state index contributed by atoms with van der Waals surface area (Å²) in [5, 5.41) is 18.6. The van der Waals surface area contributed by atoms with Crippen molar-refractivity contribution in [3.05, 3.63) is 65.5 Å². The minimum Gasteiger partial charge on any atom is -0.479 e. The lowest BCUT2D eigenvalue weighted by atomic mass is 10.0. The zero-order valence-electron chi connectivity index (χ0n) is 16.3. The van der Waals surface area contributed by atoms with E-state index in [1.54, 1.807) is 12.1 Å². The normalized spacial score (nSPS) is 12.3. The molecule has 3 rings (SSSR count). The van der Waals surface area contributed by atoms with Crippen molar-refractivity contribution in [1.29, 1.82) is 0 Å². The van der Waals surface area contributed by atoms with Crippen LogP contribution in [0.15, 0.2) is 48.7 Å². The van der Waals surface area contributed by atoms with Crippen LogP contribution in [0.2, 0.25) is 0 Å². The van der Waals surface area contributed by atoms with Crippen LogP contribution in [0.4, 0.5) is 0 Å². The summed E-state index contributed by atoms with van der Waals surface area (Å²) in [5.41, 5.74) is 1.68. The molecule has 2 N–H and O–H groups in total. The summed E-state index contributed by atoms with van der Waals surface area (Å²) in [6.45, 7) is 6.00. The van der Waals surface area contributed by atoms with Gasteiger partial charge in [0.05, 0.1) is 17.8 Å². The minimum atomic E-state index is -1.13. The Balaban J connectivity index is 1.88. The molecule has 146 valence electrons. The molecule has 0 saturated carbocycles. The molecule has 1 heterocycles. The molecule has 6 nitrogen and oxygen atoms in total. The zero-order valence-corrected chi connectivity index (χ0v) is 16.3. The molecule has 3 aromatic rings. The van der Waals surface area contributed by atoms with Gasteiger partial charge >= 0.3 is 5.97 Å². The van der Waals surface area contributed by atoms with Crippen LogP contribution in [0.5, 0.6) is 0 Å². The van der Waals surface area contributed by atoms with Crippen molar-refractivity contribution >= 4 is 22.6 Å². The second kappa shape index (κ2) is 8.25. The fraction of sp³-hybridized carbons (Fsp3) is 0.318. The van der Waals surface area contributed by atoms with Crippen molar-refractivity contribution in [2.45, 2.75) is 45.7 Å². The van der Waals surface area contributed by atoms with Gasteiger partial charge in [0.1, 0.15) is 0 Å². The van der Waals surface area contributed by atoms with E-state index >= 15 is 0 Å². The Bertz CT molecular complexity index is 1010. The smallest absolute Gasteiger partial charge is 0.330 e. The first-order valence-electron chi connectivity index (χ1n) is 9.52. The molecule has 0 aliphatic carbocycles. The average molecular weight is 379 g/mol. The Labute approximate surface area is 164 Å². The van der Waals surface area contributed by atoms with Gasteiger partial charge in [-0.3, -0.25) is 9.48 Å². The number of carbonyl (C=O) groups is 2. The number of fused-ring (bicyclic) bond motifs is 1. The summed E-state index contributed by atoms with van der Waals surface area (Å²) in [6, 6.07) is 12.2. The number of rotatable bonds is 7. The van der Waals surface area contributed by atoms with Gasteiger partial charge in [-0.05, 0) is 42.2 Å². The van der Waals surface area contributed by atoms with E-state index in [2.05, 4.69) is 24.3 Å². The molecule has 0 aliphatic rings. The lowest BCUT2D eigenvalue weighted by molar-refractivity contribution is -0.139. The molecule has 0 aliphatic heterocycles. The molecule has 1 aromatic heterocycles. The molecule has 28 heavy (non-hydrogen) atoms. The quantitative estimate of drug-likeness (QED) is 0.642. The van der Waals surface area contributed by atoms with E-state index in [-0.39, 0.29) is 6.04 Å². The van der Waals surface area contributed by atoms with Gasteiger partial charge in [0.2, 0.25) is 0 Å². The Kier molecular flexibility index (Phi) is 5.78. The first-order chi connectivity index (χ1) is 13.5. The van der Waals surface area contributed by atoms with E-state index in [0.29, 0.717) is 11.1 Å². The number of benzene rings is 2. The molecule has 1 amide bonds. The Morgan fingerprint density at radius 1 is 1.11 bits per heavy atom. The number of nitrogens with one attached hydrogen (secondary N) is 1. The first-order valence-corrected chi connectivity index (χ1v) is 9.52. The number of carboxylic acids is 1. The fourth-order valence-electron chi connectivity index (χ4n) is 3.53. The highest BCUT2D eigenvalue weighted by Gasteiger charge is 2.25. The van der Waals surface area contributed by atoms with Gasteiger partial charge in [0.15, 0.2) is 6.04 Å². The number of amides is 1. The van der Waals surface area contributed by atoms with E-state index in [9.17, 15) is 14.7 Å². The SMILES string of the molecule is CCC(CC)n1ncc(C(=O)NC(C(=O)O)c2ccc3ccccc3c2)c1C. The van der Waals surface area contributed by atoms with Gasteiger partial charge in [-0.2, -0.15) is 5.10 Å². The fourth-order valence-corrected chi connectivity index (χ4v) is 3.53. The lowest BCUT2D eigenvalue weighted by Gasteiger charge is -2.17. The number of hydrogen-bond acceptors (Lipinski definition) is 3. The highest BCUT2D eigenvalue weighted by Crippen LogP contribution is 2.23. The van der Waals surface area contributed by atoms with Crippen molar-refractivity contribution in [3.8, 4) is 0 Å². The van der Waals surface area contributed by atoms with E-state index in [4.69, 9.17) is 0 Å². The molecule has 0 saturated heterocycles. The molecule has 2 aromatic carbocycles. The van der Waals surface area contributed by atoms with Crippen molar-refractivity contribution < 1.29 is 14.7 Å². The van der Waals surface area contributed by atoms with Crippen LogP contribution in [-0.2, 0) is 4.79 Å². The number of aromatic nitrogens is 2. The van der Waals surface area contributed by atoms with E-state index < -0.39 is 17.9 Å². The summed E-state index contributed by atoms with van der Waals surface area (Å²) in [7, 11) is 0. The van der Waals surface area contributed by atoms with E-state index in [1.807, 2.05) is 41.9 Å². The number of nitrogens with zero attached hydrogens (tertiary/aromatic N) is 2. The van der Waals surface area contributed by atoms with Crippen LogP contribution in [0, 0.1) is 6.92 Å². The van der Waals surface area contributed by atoms with Gasteiger partial charge in [0.25, 0.3) is 5.91 Å². The van der Waals surface area contributed by atoms with Crippen LogP contribution in [0.3, 0.4) is 0 Å². The predicted octanol–water partition coefficient (Wildman–Crippen LogP) is 4.26. The van der Waals surface area contributed by atoms with Gasteiger partial charge < -0.3 is 10.4 Å². The van der Waals surface area contributed by atoms with Gasteiger partial charge in [-0.15, -0.1) is 0 Å². The summed E-state index contributed by atoms with van der Waals surface area (Å²) < 4.78 is 1.85. The third kappa shape index (κ3) is 3.76. The first kappa shape index (κ1) is 19.6. The molecular formula is C22H25N3O3. The summed E-state index contributed by atoms with van der Waals surface area (Å²) in [5.74, 6) is -1.54. The Morgan fingerprint density at radius 2 is 1.79 bits per heavy atom. The second-order valence-electron chi connectivity index (χ2n) is 6.91. The number of hydrogen-bond donors (Lipinski definition) is 2. The Hall–Kier alpha value is -3.15. The molecule has 1 atom stereocenters. The molecule has 0 radical (unpaired) electrons. The largest absolute Gasteiger partial charge is 0.479 e. The van der Waals surface area contributed by atoms with Crippen molar-refractivity contribution in [2.75, 3.05) is 0 Å². The van der Waals surface area contributed by atoms with Gasteiger partial charge in [-0.25, -0.2) is 4.79 Å². The minimum absolute atomic E-state index is 0.220. The highest BCUT2D eigenvalue weighted by molar-refractivity contribution is 5.98.